The minimum Gasteiger partial charge on any atom is -0.490 e. The Hall–Kier alpha value is -3.78. The fourth-order valence-corrected chi connectivity index (χ4v) is 6.26. The zero-order chi connectivity index (χ0) is 42.0. The number of nitrogens with zero attached hydrogens (tertiary/aromatic N) is 4. The zero-order valence-corrected chi connectivity index (χ0v) is 36.1. The molecule has 0 spiro atoms. The Morgan fingerprint density at radius 1 is 0.667 bits per heavy atom. The van der Waals surface area contributed by atoms with Crippen molar-refractivity contribution < 1.29 is 33.6 Å². The molecule has 2 amide bonds. The Labute approximate surface area is 373 Å². The lowest BCUT2D eigenvalue weighted by Gasteiger charge is -2.33. The summed E-state index contributed by atoms with van der Waals surface area (Å²) in [5, 5.41) is 10.5. The number of rotatable bonds is 4. The fourth-order valence-electron chi connectivity index (χ4n) is 5.76. The van der Waals surface area contributed by atoms with Crippen LogP contribution in [-0.4, -0.2) is 97.7 Å². The quantitative estimate of drug-likeness (QED) is 0.242. The van der Waals surface area contributed by atoms with Gasteiger partial charge in [-0.05, 0) is 92.2 Å². The summed E-state index contributed by atoms with van der Waals surface area (Å²) >= 11 is 17.0. The molecule has 2 N–H and O–H groups in total. The van der Waals surface area contributed by atoms with Gasteiger partial charge in [0.15, 0.2) is 5.43 Å². The first-order valence-electron chi connectivity index (χ1n) is 19.4. The highest BCUT2D eigenvalue weighted by molar-refractivity contribution is 6.30. The van der Waals surface area contributed by atoms with Crippen LogP contribution in [0.1, 0.15) is 122 Å². The van der Waals surface area contributed by atoms with Crippen LogP contribution in [0.15, 0.2) is 59.8 Å². The summed E-state index contributed by atoms with van der Waals surface area (Å²) in [5.74, 6) is 1.56. The molecule has 5 heterocycles. The number of aliphatic hydroxyl groups excluding tert-OH is 1. The molecule has 3 aromatic rings. The molecule has 1 saturated carbocycles. The number of H-pyrrole nitrogens is 1. The van der Waals surface area contributed by atoms with E-state index < -0.39 is 11.2 Å². The second kappa shape index (κ2) is 27.9. The molecule has 0 bridgehead atoms. The third kappa shape index (κ3) is 23.9. The average Bonchev–Trinajstić information content (AvgIpc) is 3.12. The van der Waals surface area contributed by atoms with Crippen LogP contribution in [0.25, 0.3) is 0 Å². The number of nitrogens with one attached hydrogen (secondary N) is 1. The monoisotopic (exact) mass is 901 g/mol. The van der Waals surface area contributed by atoms with E-state index in [0.29, 0.717) is 66.3 Å². The average molecular weight is 903 g/mol. The van der Waals surface area contributed by atoms with E-state index in [2.05, 4.69) is 15.0 Å². The molecule has 16 heteroatoms. The van der Waals surface area contributed by atoms with Crippen LogP contribution in [0.5, 0.6) is 11.5 Å². The number of hydrogen-bond donors (Lipinski definition) is 2. The topological polar surface area (TPSA) is 156 Å². The van der Waals surface area contributed by atoms with Gasteiger partial charge in [-0.3, -0.25) is 4.79 Å². The number of carbonyl (C=O) groups is 2. The molecule has 0 unspecified atom stereocenters. The van der Waals surface area contributed by atoms with Crippen molar-refractivity contribution in [3.05, 3.63) is 80.7 Å². The number of hydrogen-bond acceptors (Lipinski definition) is 10. The number of carbonyl (C=O) groups excluding carboxylic acids is 2. The molecule has 2 saturated heterocycles. The van der Waals surface area contributed by atoms with Gasteiger partial charge in [0.05, 0.1) is 12.2 Å². The van der Waals surface area contributed by atoms with Crippen LogP contribution in [-0.2, 0) is 9.47 Å². The maximum absolute atomic E-state index is 12.0. The lowest BCUT2D eigenvalue weighted by molar-refractivity contribution is 0.00959. The fraction of sp³-hybridized carbons (Fsp3) is 0.614. The minimum atomic E-state index is -0.460. The number of ether oxygens (including phenoxy) is 4. The van der Waals surface area contributed by atoms with Crippen molar-refractivity contribution in [2.75, 3.05) is 26.2 Å². The van der Waals surface area contributed by atoms with Gasteiger partial charge in [-0.1, -0.05) is 63.5 Å². The molecule has 0 atom stereocenters. The largest absolute Gasteiger partial charge is 0.490 e. The highest BCUT2D eigenvalue weighted by Crippen LogP contribution is 2.25. The first-order chi connectivity index (χ1) is 26.8. The van der Waals surface area contributed by atoms with Crippen molar-refractivity contribution >= 4 is 47.0 Å². The number of likely N-dealkylation sites (tertiary alicyclic amines) is 2. The van der Waals surface area contributed by atoms with Crippen molar-refractivity contribution in [3.63, 3.8) is 0 Å². The second-order valence-corrected chi connectivity index (χ2v) is 17.0. The van der Waals surface area contributed by atoms with E-state index in [-0.39, 0.29) is 52.1 Å². The molecule has 60 heavy (non-hydrogen) atoms. The van der Waals surface area contributed by atoms with E-state index in [9.17, 15) is 19.5 Å². The Morgan fingerprint density at radius 2 is 1.08 bits per heavy atom. The van der Waals surface area contributed by atoms with Gasteiger partial charge >= 0.3 is 12.2 Å². The molecule has 3 fully saturated rings. The first kappa shape index (κ1) is 56.2. The first-order valence-corrected chi connectivity index (χ1v) is 20.5. The lowest BCUT2D eigenvalue weighted by atomic mass is 9.98. The van der Waals surface area contributed by atoms with Gasteiger partial charge in [0.2, 0.25) is 0 Å². The summed E-state index contributed by atoms with van der Waals surface area (Å²) in [5.41, 5.74) is -0.973. The molecule has 1 aliphatic carbocycles. The van der Waals surface area contributed by atoms with Crippen LogP contribution in [0.4, 0.5) is 9.59 Å². The van der Waals surface area contributed by atoms with E-state index in [4.69, 9.17) is 53.8 Å². The Morgan fingerprint density at radius 3 is 1.45 bits per heavy atom. The molecule has 0 aromatic carbocycles. The summed E-state index contributed by atoms with van der Waals surface area (Å²) in [6, 6.07) is 9.85. The summed E-state index contributed by atoms with van der Waals surface area (Å²) in [6.45, 7) is 13.6. The number of aromatic nitrogens is 3. The van der Waals surface area contributed by atoms with Crippen molar-refractivity contribution in [2.24, 2.45) is 0 Å². The SMILES string of the molecule is C.C.C.CC(C)(C)OC(=O)N1CCC(O)CC1.CC(C)(C)OC(=O)N1CCC(Oc2ccnc(Cl)c2)CC1.Clc1cc(OC2CCCCC2)ccn1.O=c1cc[nH]c(Cl)c1. The molecule has 6 rings (SSSR count). The van der Waals surface area contributed by atoms with Gasteiger partial charge in [0.1, 0.15) is 44.3 Å². The number of amides is 2. The van der Waals surface area contributed by atoms with E-state index in [1.165, 1.54) is 50.4 Å². The minimum absolute atomic E-state index is 0. The molecular weight excluding hydrogens is 833 g/mol. The van der Waals surface area contributed by atoms with Crippen LogP contribution in [0.2, 0.25) is 15.5 Å². The molecule has 3 aromatic heterocycles. The molecule has 340 valence electrons. The van der Waals surface area contributed by atoms with Crippen molar-refractivity contribution in [1.29, 1.82) is 0 Å². The summed E-state index contributed by atoms with van der Waals surface area (Å²) in [6.07, 6.45) is 13.6. The second-order valence-electron chi connectivity index (χ2n) is 15.9. The summed E-state index contributed by atoms with van der Waals surface area (Å²) in [4.78, 5) is 47.7. The van der Waals surface area contributed by atoms with Gasteiger partial charge in [0, 0.05) is 81.9 Å². The van der Waals surface area contributed by atoms with Crippen molar-refractivity contribution in [3.8, 4) is 11.5 Å². The van der Waals surface area contributed by atoms with Gasteiger partial charge < -0.3 is 38.8 Å². The molecular formula is C44H70Cl3N5O8. The molecule has 13 nitrogen and oxygen atoms in total. The van der Waals surface area contributed by atoms with E-state index in [1.54, 1.807) is 40.4 Å². The summed E-state index contributed by atoms with van der Waals surface area (Å²) in [7, 11) is 0. The number of pyridine rings is 3. The molecule has 2 aliphatic heterocycles. The highest BCUT2D eigenvalue weighted by atomic mass is 35.5. The maximum Gasteiger partial charge on any atom is 0.410 e. The van der Waals surface area contributed by atoms with Crippen LogP contribution < -0.4 is 14.9 Å². The number of aromatic amines is 1. The van der Waals surface area contributed by atoms with Crippen molar-refractivity contribution in [2.45, 2.75) is 151 Å². The third-order valence-corrected chi connectivity index (χ3v) is 9.13. The Balaban J connectivity index is 0.000000796. The molecule has 3 aliphatic rings. The normalized spacial score (nSPS) is 15.8. The van der Waals surface area contributed by atoms with E-state index >= 15 is 0 Å². The number of halogens is 3. The van der Waals surface area contributed by atoms with Crippen LogP contribution >= 0.6 is 34.8 Å². The van der Waals surface area contributed by atoms with Crippen molar-refractivity contribution in [1.82, 2.24) is 24.8 Å². The molecule has 0 radical (unpaired) electrons. The predicted molar refractivity (Wildman–Crippen MR) is 243 cm³/mol. The van der Waals surface area contributed by atoms with Gasteiger partial charge in [-0.25, -0.2) is 19.6 Å². The van der Waals surface area contributed by atoms with E-state index in [0.717, 1.165) is 18.6 Å². The van der Waals surface area contributed by atoms with Crippen LogP contribution in [0.3, 0.4) is 0 Å². The Bertz CT molecular complexity index is 1710. The zero-order valence-electron chi connectivity index (χ0n) is 33.8. The predicted octanol–water partition coefficient (Wildman–Crippen LogP) is 11.3. The van der Waals surface area contributed by atoms with Gasteiger partial charge in [0.25, 0.3) is 0 Å². The number of piperidine rings is 2. The highest BCUT2D eigenvalue weighted by Gasteiger charge is 2.28. The van der Waals surface area contributed by atoms with E-state index in [1.807, 2.05) is 47.6 Å². The lowest BCUT2D eigenvalue weighted by Crippen LogP contribution is -2.44. The smallest absolute Gasteiger partial charge is 0.410 e. The number of aliphatic hydroxyl groups is 1. The maximum atomic E-state index is 12.0. The third-order valence-electron chi connectivity index (χ3n) is 8.50. The summed E-state index contributed by atoms with van der Waals surface area (Å²) < 4.78 is 22.3. The van der Waals surface area contributed by atoms with Gasteiger partial charge in [-0.15, -0.1) is 0 Å². The standard InChI is InChI=1S/C15H21ClN2O3.C11H14ClNO.C10H19NO3.C5H4ClNO.3CH4/c1-15(2,3)21-14(19)18-8-5-11(6-9-18)20-12-4-7-17-13(16)10-12;12-11-8-10(6-7-13-11)14-9-4-2-1-3-5-9;1-10(2,3)14-9(13)11-6-4-8(12)5-7-11;6-5-3-4(8)1-2-7-5;;;/h4,7,10-11H,5-6,8-9H2,1-3H3;6-9H,1-5H2;8,12H,4-7H2,1-3H3;1-3H,(H,7,8);3*1H4. The van der Waals surface area contributed by atoms with Crippen LogP contribution in [0, 0.1) is 0 Å². The Kier molecular flexibility index (Phi) is 26.2. The van der Waals surface area contributed by atoms with Gasteiger partial charge in [-0.2, -0.15) is 0 Å².